The molecule has 114 valence electrons. The highest BCUT2D eigenvalue weighted by Gasteiger charge is 2.41. The minimum Gasteiger partial charge on any atom is -0.466 e. The van der Waals surface area contributed by atoms with Crippen LogP contribution in [0.15, 0.2) is 28.7 Å². The van der Waals surface area contributed by atoms with Crippen molar-refractivity contribution in [3.63, 3.8) is 0 Å². The Morgan fingerprint density at radius 2 is 1.95 bits per heavy atom. The zero-order valence-corrected chi connectivity index (χ0v) is 13.8. The molecule has 0 radical (unpaired) electrons. The van der Waals surface area contributed by atoms with Gasteiger partial charge in [0.25, 0.3) is 0 Å². The summed E-state index contributed by atoms with van der Waals surface area (Å²) in [6.07, 6.45) is 0.325. The molecule has 21 heavy (non-hydrogen) atoms. The molecule has 1 aromatic rings. The van der Waals surface area contributed by atoms with E-state index in [0.717, 1.165) is 16.5 Å². The van der Waals surface area contributed by atoms with Crippen molar-refractivity contribution in [3.8, 4) is 0 Å². The van der Waals surface area contributed by atoms with E-state index in [1.807, 2.05) is 31.2 Å². The Morgan fingerprint density at radius 3 is 2.48 bits per heavy atom. The Balaban J connectivity index is 2.07. The zero-order chi connectivity index (χ0) is 15.4. The maximum Gasteiger partial charge on any atom is 0.309 e. The Hall–Kier alpha value is -1.36. The third kappa shape index (κ3) is 4.56. The maximum absolute atomic E-state index is 12.0. The van der Waals surface area contributed by atoms with Crippen molar-refractivity contribution in [3.05, 3.63) is 34.3 Å². The summed E-state index contributed by atoms with van der Waals surface area (Å²) in [5, 5.41) is 0. The lowest BCUT2D eigenvalue weighted by Crippen LogP contribution is -2.18. The second-order valence-electron chi connectivity index (χ2n) is 5.31. The van der Waals surface area contributed by atoms with Gasteiger partial charge < -0.3 is 9.47 Å². The predicted octanol–water partition coefficient (Wildman–Crippen LogP) is 3.64. The molecule has 5 heteroatoms. The van der Waals surface area contributed by atoms with E-state index in [2.05, 4.69) is 15.9 Å². The van der Waals surface area contributed by atoms with Crippen molar-refractivity contribution in [1.29, 1.82) is 0 Å². The average Bonchev–Trinajstić information content (AvgIpc) is 3.16. The quantitative estimate of drug-likeness (QED) is 0.731. The Bertz CT molecular complexity index is 512. The maximum atomic E-state index is 12.0. The number of benzene rings is 1. The molecular weight excluding hydrogens is 336 g/mol. The summed E-state index contributed by atoms with van der Waals surface area (Å²) in [5.41, 5.74) is 0.799. The van der Waals surface area contributed by atoms with Gasteiger partial charge in [-0.3, -0.25) is 9.59 Å². The molecule has 0 aromatic heterocycles. The van der Waals surface area contributed by atoms with Crippen molar-refractivity contribution >= 4 is 27.9 Å². The third-order valence-corrected chi connectivity index (χ3v) is 4.10. The lowest BCUT2D eigenvalue weighted by Gasteiger charge is -2.18. The number of rotatable bonds is 6. The number of ether oxygens (including phenoxy) is 2. The summed E-state index contributed by atoms with van der Waals surface area (Å²) < 4.78 is 11.4. The highest BCUT2D eigenvalue weighted by Crippen LogP contribution is 2.40. The van der Waals surface area contributed by atoms with Crippen LogP contribution in [0.3, 0.4) is 0 Å². The summed E-state index contributed by atoms with van der Waals surface area (Å²) in [7, 11) is 0. The second kappa shape index (κ2) is 7.07. The smallest absolute Gasteiger partial charge is 0.309 e. The van der Waals surface area contributed by atoms with Gasteiger partial charge in [0, 0.05) is 4.47 Å². The van der Waals surface area contributed by atoms with E-state index in [1.165, 1.54) is 0 Å². The summed E-state index contributed by atoms with van der Waals surface area (Å²) in [6, 6.07) is 7.41. The van der Waals surface area contributed by atoms with Crippen molar-refractivity contribution in [2.24, 2.45) is 11.8 Å². The third-order valence-electron chi connectivity index (χ3n) is 3.57. The summed E-state index contributed by atoms with van der Waals surface area (Å²) in [4.78, 5) is 23.7. The van der Waals surface area contributed by atoms with E-state index in [0.29, 0.717) is 12.5 Å². The average molecular weight is 355 g/mol. The van der Waals surface area contributed by atoms with E-state index in [9.17, 15) is 9.59 Å². The summed E-state index contributed by atoms with van der Waals surface area (Å²) >= 11 is 3.36. The van der Waals surface area contributed by atoms with E-state index in [4.69, 9.17) is 9.47 Å². The van der Waals surface area contributed by atoms with Crippen LogP contribution in [-0.4, -0.2) is 18.5 Å². The fourth-order valence-corrected chi connectivity index (χ4v) is 2.42. The zero-order valence-electron chi connectivity index (χ0n) is 12.2. The Labute approximate surface area is 132 Å². The topological polar surface area (TPSA) is 52.6 Å². The molecule has 1 fully saturated rings. The minimum absolute atomic E-state index is 0.0230. The molecule has 0 spiro atoms. The molecule has 1 aliphatic carbocycles. The lowest BCUT2D eigenvalue weighted by molar-refractivity contribution is -0.156. The number of esters is 2. The van der Waals surface area contributed by atoms with E-state index in [1.54, 1.807) is 6.92 Å². The Morgan fingerprint density at radius 1 is 1.33 bits per heavy atom. The van der Waals surface area contributed by atoms with Gasteiger partial charge in [0.1, 0.15) is 6.10 Å². The van der Waals surface area contributed by atoms with Crippen molar-refractivity contribution < 1.29 is 19.1 Å². The molecule has 0 heterocycles. The van der Waals surface area contributed by atoms with Gasteiger partial charge >= 0.3 is 11.9 Å². The molecule has 1 saturated carbocycles. The normalized spacial score (nSPS) is 21.5. The van der Waals surface area contributed by atoms with Crippen molar-refractivity contribution in [2.45, 2.75) is 32.8 Å². The Kier molecular flexibility index (Phi) is 5.39. The second-order valence-corrected chi connectivity index (χ2v) is 6.22. The highest BCUT2D eigenvalue weighted by molar-refractivity contribution is 9.10. The number of carbonyl (C=O) groups excluding carboxylic acids is 2. The first-order valence-corrected chi connectivity index (χ1v) is 7.92. The van der Waals surface area contributed by atoms with Crippen LogP contribution >= 0.6 is 15.9 Å². The molecule has 4 nitrogen and oxygen atoms in total. The SMILES string of the molecule is CCOC(=O)CC(OC(=O)C1CC1C)c1ccc(Br)cc1. The fraction of sp³-hybridized carbons (Fsp3) is 0.500. The van der Waals surface area contributed by atoms with Crippen molar-refractivity contribution in [2.75, 3.05) is 6.61 Å². The van der Waals surface area contributed by atoms with Gasteiger partial charge in [-0.2, -0.15) is 0 Å². The molecule has 1 aromatic carbocycles. The molecule has 3 unspecified atom stereocenters. The number of halogens is 1. The number of hydrogen-bond acceptors (Lipinski definition) is 4. The minimum atomic E-state index is -0.586. The van der Waals surface area contributed by atoms with Gasteiger partial charge in [0.2, 0.25) is 0 Å². The number of hydrogen-bond donors (Lipinski definition) is 0. The highest BCUT2D eigenvalue weighted by atomic mass is 79.9. The van der Waals surface area contributed by atoms with E-state index in [-0.39, 0.29) is 24.3 Å². The predicted molar refractivity (Wildman–Crippen MR) is 81.5 cm³/mol. The molecule has 0 bridgehead atoms. The standard InChI is InChI=1S/C16H19BrO4/c1-3-20-15(18)9-14(11-4-6-12(17)7-5-11)21-16(19)13-8-10(13)2/h4-7,10,13-14H,3,8-9H2,1-2H3. The summed E-state index contributed by atoms with van der Waals surface area (Å²) in [5.74, 6) is -0.224. The molecule has 1 aliphatic rings. The van der Waals surface area contributed by atoms with Crippen molar-refractivity contribution in [1.82, 2.24) is 0 Å². The van der Waals surface area contributed by atoms with Crippen LogP contribution in [0.1, 0.15) is 38.4 Å². The fourth-order valence-electron chi connectivity index (χ4n) is 2.15. The largest absolute Gasteiger partial charge is 0.466 e. The van der Waals surface area contributed by atoms with Crippen LogP contribution in [0, 0.1) is 11.8 Å². The van der Waals surface area contributed by atoms with Gasteiger partial charge in [0.05, 0.1) is 18.9 Å². The first kappa shape index (κ1) is 16.0. The molecule has 3 atom stereocenters. The molecular formula is C16H19BrO4. The lowest BCUT2D eigenvalue weighted by atomic mass is 10.1. The van der Waals surface area contributed by atoms with Crippen LogP contribution in [-0.2, 0) is 19.1 Å². The first-order valence-electron chi connectivity index (χ1n) is 7.12. The summed E-state index contributed by atoms with van der Waals surface area (Å²) in [6.45, 7) is 4.09. The van der Waals surface area contributed by atoms with Gasteiger partial charge in [0.15, 0.2) is 0 Å². The van der Waals surface area contributed by atoms with E-state index < -0.39 is 6.10 Å². The van der Waals surface area contributed by atoms with Crippen LogP contribution in [0.2, 0.25) is 0 Å². The monoisotopic (exact) mass is 354 g/mol. The number of carbonyl (C=O) groups is 2. The molecule has 0 saturated heterocycles. The molecule has 2 rings (SSSR count). The van der Waals surface area contributed by atoms with Gasteiger partial charge in [-0.1, -0.05) is 35.0 Å². The molecule has 0 N–H and O–H groups in total. The van der Waals surface area contributed by atoms with Crippen LogP contribution < -0.4 is 0 Å². The van der Waals surface area contributed by atoms with Crippen LogP contribution in [0.25, 0.3) is 0 Å². The van der Waals surface area contributed by atoms with Gasteiger partial charge in [-0.25, -0.2) is 0 Å². The van der Waals surface area contributed by atoms with Crippen LogP contribution in [0.4, 0.5) is 0 Å². The van der Waals surface area contributed by atoms with Gasteiger partial charge in [-0.05, 0) is 37.0 Å². The first-order chi connectivity index (χ1) is 10.0. The molecule has 0 aliphatic heterocycles. The van der Waals surface area contributed by atoms with E-state index >= 15 is 0 Å². The molecule has 0 amide bonds. The van der Waals surface area contributed by atoms with Gasteiger partial charge in [-0.15, -0.1) is 0 Å². The van der Waals surface area contributed by atoms with Crippen LogP contribution in [0.5, 0.6) is 0 Å².